The molecule has 3 nitrogen and oxygen atoms in total. The number of esters is 1. The summed E-state index contributed by atoms with van der Waals surface area (Å²) in [6.45, 7) is 5.00. The summed E-state index contributed by atoms with van der Waals surface area (Å²) in [7, 11) is 1.46. The molecule has 1 aromatic rings. The van der Waals surface area contributed by atoms with E-state index in [0.717, 1.165) is 12.1 Å². The predicted octanol–water partition coefficient (Wildman–Crippen LogP) is 2.71. The molecule has 104 valence electrons. The molecule has 1 N–H and O–H groups in total. The van der Waals surface area contributed by atoms with Gasteiger partial charge in [0.05, 0.1) is 7.11 Å². The highest BCUT2D eigenvalue weighted by Gasteiger charge is 2.44. The molecule has 1 saturated carbocycles. The van der Waals surface area contributed by atoms with E-state index in [1.54, 1.807) is 0 Å². The minimum Gasteiger partial charge on any atom is -0.467 e. The second kappa shape index (κ2) is 5.74. The van der Waals surface area contributed by atoms with E-state index in [9.17, 15) is 4.79 Å². The third-order valence-electron chi connectivity index (χ3n) is 3.97. The second-order valence-electron chi connectivity index (χ2n) is 5.64. The SMILES string of the molecule is COC(=O)C(NCC1CC1)(c1ccccc1)C(C)C. The van der Waals surface area contributed by atoms with Gasteiger partial charge in [0.15, 0.2) is 0 Å². The third kappa shape index (κ3) is 2.81. The Kier molecular flexibility index (Phi) is 4.25. The molecule has 0 heterocycles. The van der Waals surface area contributed by atoms with Gasteiger partial charge in [0, 0.05) is 0 Å². The van der Waals surface area contributed by atoms with Crippen LogP contribution < -0.4 is 5.32 Å². The highest BCUT2D eigenvalue weighted by atomic mass is 16.5. The van der Waals surface area contributed by atoms with Crippen molar-refractivity contribution in [3.8, 4) is 0 Å². The van der Waals surface area contributed by atoms with Crippen LogP contribution in [-0.2, 0) is 15.1 Å². The molecule has 0 amide bonds. The van der Waals surface area contributed by atoms with Gasteiger partial charge in [-0.15, -0.1) is 0 Å². The molecule has 0 aromatic heterocycles. The van der Waals surface area contributed by atoms with Gasteiger partial charge in [0.1, 0.15) is 5.54 Å². The number of nitrogens with one attached hydrogen (secondary N) is 1. The molecule has 1 aliphatic carbocycles. The summed E-state index contributed by atoms with van der Waals surface area (Å²) in [6.07, 6.45) is 2.52. The average Bonchev–Trinajstić information content (AvgIpc) is 3.24. The summed E-state index contributed by atoms with van der Waals surface area (Å²) in [5, 5.41) is 3.49. The molecule has 0 radical (unpaired) electrons. The first-order valence-corrected chi connectivity index (χ1v) is 7.00. The molecule has 1 unspecified atom stereocenters. The second-order valence-corrected chi connectivity index (χ2v) is 5.64. The largest absolute Gasteiger partial charge is 0.467 e. The number of carbonyl (C=O) groups excluding carboxylic acids is 1. The van der Waals surface area contributed by atoms with E-state index >= 15 is 0 Å². The van der Waals surface area contributed by atoms with Gasteiger partial charge in [0.25, 0.3) is 0 Å². The Morgan fingerprint density at radius 2 is 2.00 bits per heavy atom. The number of benzene rings is 1. The lowest BCUT2D eigenvalue weighted by molar-refractivity contribution is -0.151. The van der Waals surface area contributed by atoms with Crippen molar-refractivity contribution in [2.24, 2.45) is 11.8 Å². The summed E-state index contributed by atoms with van der Waals surface area (Å²) in [5.74, 6) is 0.641. The summed E-state index contributed by atoms with van der Waals surface area (Å²) in [4.78, 5) is 12.4. The average molecular weight is 261 g/mol. The molecule has 1 aromatic carbocycles. The van der Waals surface area contributed by atoms with Gasteiger partial charge in [-0.05, 0) is 36.8 Å². The van der Waals surface area contributed by atoms with Gasteiger partial charge in [-0.25, -0.2) is 4.79 Å². The number of rotatable bonds is 6. The Hall–Kier alpha value is -1.35. The standard InChI is InChI=1S/C16H23NO2/c1-12(2)16(15(18)19-3,17-11-13-9-10-13)14-7-5-4-6-8-14/h4-8,12-13,17H,9-11H2,1-3H3. The molecule has 0 spiro atoms. The smallest absolute Gasteiger partial charge is 0.330 e. The minimum absolute atomic E-state index is 0.126. The normalized spacial score (nSPS) is 18.1. The summed E-state index contributed by atoms with van der Waals surface area (Å²) in [5.41, 5.74) is 0.246. The minimum atomic E-state index is -0.737. The third-order valence-corrected chi connectivity index (χ3v) is 3.97. The molecule has 0 bridgehead atoms. The van der Waals surface area contributed by atoms with E-state index < -0.39 is 5.54 Å². The number of ether oxygens (including phenoxy) is 1. The maximum absolute atomic E-state index is 12.4. The van der Waals surface area contributed by atoms with Gasteiger partial charge in [-0.3, -0.25) is 5.32 Å². The fourth-order valence-electron chi connectivity index (χ4n) is 2.55. The fourth-order valence-corrected chi connectivity index (χ4v) is 2.55. The zero-order chi connectivity index (χ0) is 13.9. The number of methoxy groups -OCH3 is 1. The van der Waals surface area contributed by atoms with Crippen LogP contribution in [0.5, 0.6) is 0 Å². The predicted molar refractivity (Wildman–Crippen MR) is 75.7 cm³/mol. The van der Waals surface area contributed by atoms with Crippen LogP contribution in [0.15, 0.2) is 30.3 Å². The summed E-state index contributed by atoms with van der Waals surface area (Å²) < 4.78 is 5.08. The van der Waals surface area contributed by atoms with Crippen LogP contribution in [0.4, 0.5) is 0 Å². The van der Waals surface area contributed by atoms with Crippen LogP contribution >= 0.6 is 0 Å². The Labute approximate surface area is 115 Å². The van der Waals surface area contributed by atoms with Crippen LogP contribution in [0, 0.1) is 11.8 Å². The molecule has 1 aliphatic rings. The highest BCUT2D eigenvalue weighted by molar-refractivity contribution is 5.83. The maximum Gasteiger partial charge on any atom is 0.330 e. The van der Waals surface area contributed by atoms with E-state index in [-0.39, 0.29) is 11.9 Å². The van der Waals surface area contributed by atoms with Gasteiger partial charge < -0.3 is 4.74 Å². The Balaban J connectivity index is 2.35. The van der Waals surface area contributed by atoms with Crippen LogP contribution in [0.25, 0.3) is 0 Å². The highest BCUT2D eigenvalue weighted by Crippen LogP contribution is 2.34. The van der Waals surface area contributed by atoms with Gasteiger partial charge >= 0.3 is 5.97 Å². The van der Waals surface area contributed by atoms with Gasteiger partial charge in [-0.1, -0.05) is 44.2 Å². The van der Waals surface area contributed by atoms with Gasteiger partial charge in [0.2, 0.25) is 0 Å². The molecular formula is C16H23NO2. The summed E-state index contributed by atoms with van der Waals surface area (Å²) in [6, 6.07) is 9.89. The number of carbonyl (C=O) groups is 1. The molecule has 1 atom stereocenters. The van der Waals surface area contributed by atoms with E-state index in [1.807, 2.05) is 30.3 Å². The van der Waals surface area contributed by atoms with Crippen molar-refractivity contribution in [1.82, 2.24) is 5.32 Å². The molecule has 1 fully saturated rings. The van der Waals surface area contributed by atoms with Crippen molar-refractivity contribution in [3.63, 3.8) is 0 Å². The van der Waals surface area contributed by atoms with Gasteiger partial charge in [-0.2, -0.15) is 0 Å². The molecular weight excluding hydrogens is 238 g/mol. The Morgan fingerprint density at radius 1 is 1.37 bits per heavy atom. The van der Waals surface area contributed by atoms with Crippen LogP contribution in [0.2, 0.25) is 0 Å². The quantitative estimate of drug-likeness (QED) is 0.800. The van der Waals surface area contributed by atoms with Crippen molar-refractivity contribution < 1.29 is 9.53 Å². The maximum atomic E-state index is 12.4. The lowest BCUT2D eigenvalue weighted by Crippen LogP contribution is -2.54. The van der Waals surface area contributed by atoms with Crippen molar-refractivity contribution in [2.75, 3.05) is 13.7 Å². The first kappa shape index (κ1) is 14.1. The Bertz CT molecular complexity index is 426. The van der Waals surface area contributed by atoms with Crippen LogP contribution in [-0.4, -0.2) is 19.6 Å². The zero-order valence-corrected chi connectivity index (χ0v) is 12.0. The number of hydrogen-bond donors (Lipinski definition) is 1. The van der Waals surface area contributed by atoms with E-state index in [2.05, 4.69) is 19.2 Å². The fraction of sp³-hybridized carbons (Fsp3) is 0.562. The van der Waals surface area contributed by atoms with Crippen LogP contribution in [0.3, 0.4) is 0 Å². The lowest BCUT2D eigenvalue weighted by atomic mass is 9.79. The zero-order valence-electron chi connectivity index (χ0n) is 12.0. The molecule has 0 saturated heterocycles. The Morgan fingerprint density at radius 3 is 2.47 bits per heavy atom. The molecule has 0 aliphatic heterocycles. The number of hydrogen-bond acceptors (Lipinski definition) is 3. The summed E-state index contributed by atoms with van der Waals surface area (Å²) >= 11 is 0. The van der Waals surface area contributed by atoms with Crippen molar-refractivity contribution in [3.05, 3.63) is 35.9 Å². The van der Waals surface area contributed by atoms with Crippen molar-refractivity contribution in [1.29, 1.82) is 0 Å². The van der Waals surface area contributed by atoms with E-state index in [0.29, 0.717) is 5.92 Å². The van der Waals surface area contributed by atoms with Crippen molar-refractivity contribution in [2.45, 2.75) is 32.2 Å². The topological polar surface area (TPSA) is 38.3 Å². The monoisotopic (exact) mass is 261 g/mol. The first-order chi connectivity index (χ1) is 9.11. The molecule has 3 heteroatoms. The van der Waals surface area contributed by atoms with Crippen LogP contribution in [0.1, 0.15) is 32.3 Å². The van der Waals surface area contributed by atoms with E-state index in [4.69, 9.17) is 4.74 Å². The molecule has 2 rings (SSSR count). The molecule has 19 heavy (non-hydrogen) atoms. The van der Waals surface area contributed by atoms with Crippen molar-refractivity contribution >= 4 is 5.97 Å². The lowest BCUT2D eigenvalue weighted by Gasteiger charge is -2.36. The van der Waals surface area contributed by atoms with E-state index in [1.165, 1.54) is 20.0 Å². The first-order valence-electron chi connectivity index (χ1n) is 7.00.